The van der Waals surface area contributed by atoms with E-state index in [4.69, 9.17) is 0 Å². The molecule has 0 aliphatic rings. The van der Waals surface area contributed by atoms with E-state index < -0.39 is 7.92 Å². The quantitative estimate of drug-likeness (QED) is 0.0898. The van der Waals surface area contributed by atoms with E-state index in [1.807, 2.05) is 0 Å². The molecule has 0 nitrogen and oxygen atoms in total. The van der Waals surface area contributed by atoms with E-state index in [-0.39, 0.29) is 0 Å². The summed E-state index contributed by atoms with van der Waals surface area (Å²) in [6, 6.07) is 135. The SMILES string of the molecule is Cc1cc(C)c(-c2cc(-c3c(C)cc(C)cc3C)cc(-c3c(C)cc(C)cc3C)c2)c(C)c1.Cc1ccc(-c2c(C)c(-c3ccc(C)cc3)c(C)c(-c3ccc(C)cc3)c2C)cc1.Cc1ccc(-c2cc(-c3ccc(C)cc3)cc(-c3ccc(C)cc3)c2)cc1.Cc1ccc(-c2cc(-c3ccc(C)cc3C)cc(-c3ccc(C)cc3C)c2)c(C)c1.Cc1ccc(P(c2ccc(C)cc2)c2ccc(C)cc2)cc1. The predicted molar refractivity (Wildman–Crippen MR) is 624 cm³/mol. The predicted octanol–water partition coefficient (Wildman–Crippen LogP) is 38.5. The van der Waals surface area contributed by atoms with Crippen LogP contribution in [0.2, 0.25) is 0 Å². The maximum absolute atomic E-state index is 2.40. The van der Waals surface area contributed by atoms with E-state index >= 15 is 0 Å². The molecule has 0 aromatic heterocycles. The van der Waals surface area contributed by atoms with Crippen LogP contribution in [0.5, 0.6) is 0 Å². The summed E-state index contributed by atoms with van der Waals surface area (Å²) >= 11 is 0. The van der Waals surface area contributed by atoms with Gasteiger partial charge in [-0.15, -0.1) is 0 Å². The summed E-state index contributed by atoms with van der Waals surface area (Å²) in [5, 5.41) is 4.23. The highest BCUT2D eigenvalue weighted by atomic mass is 31.1. The molecule has 0 saturated heterocycles. The second-order valence-electron chi connectivity index (χ2n) is 40.7. The Morgan fingerprint density at radius 1 is 0.106 bits per heavy atom. The van der Waals surface area contributed by atoms with Crippen molar-refractivity contribution >= 4 is 23.8 Å². The van der Waals surface area contributed by atoms with Gasteiger partial charge < -0.3 is 0 Å². The van der Waals surface area contributed by atoms with E-state index in [9.17, 15) is 0 Å². The van der Waals surface area contributed by atoms with Gasteiger partial charge in [0.2, 0.25) is 0 Å². The molecule has 0 unspecified atom stereocenters. The molecular formula is C141H141P. The zero-order valence-corrected chi connectivity index (χ0v) is 90.0. The monoisotopic (exact) mass is 1870 g/mol. The molecule has 0 aliphatic heterocycles. The molecule has 0 radical (unpaired) electrons. The van der Waals surface area contributed by atoms with Crippen LogP contribution in [0, 0.1) is 187 Å². The molecule has 142 heavy (non-hydrogen) atoms. The number of hydrogen-bond acceptors (Lipinski definition) is 0. The van der Waals surface area contributed by atoms with Crippen molar-refractivity contribution in [2.24, 2.45) is 0 Å². The Hall–Kier alpha value is -14.4. The molecule has 0 fully saturated rings. The first-order valence-electron chi connectivity index (χ1n) is 50.4. The van der Waals surface area contributed by atoms with Gasteiger partial charge in [0.15, 0.2) is 0 Å². The highest BCUT2D eigenvalue weighted by Crippen LogP contribution is 2.47. The summed E-state index contributed by atoms with van der Waals surface area (Å²) in [4.78, 5) is 0. The zero-order valence-electron chi connectivity index (χ0n) is 89.1. The lowest BCUT2D eigenvalue weighted by atomic mass is 9.80. The van der Waals surface area contributed by atoms with E-state index in [0.29, 0.717) is 0 Å². The maximum atomic E-state index is 2.40. The maximum Gasteiger partial charge on any atom is -0.0113 e. The number of benzene rings is 19. The average Bonchev–Trinajstić information content (AvgIpc) is 0.746. The summed E-state index contributed by atoms with van der Waals surface area (Å²) in [7, 11) is -0.483. The van der Waals surface area contributed by atoms with E-state index in [0.717, 1.165) is 0 Å². The fraction of sp³-hybridized carbons (Fsp3) is 0.191. The van der Waals surface area contributed by atoms with Gasteiger partial charge in [0.1, 0.15) is 0 Å². The summed E-state index contributed by atoms with van der Waals surface area (Å²) in [6.45, 7) is 59.2. The summed E-state index contributed by atoms with van der Waals surface area (Å²) in [6.07, 6.45) is 0. The van der Waals surface area contributed by atoms with Crippen LogP contribution in [0.15, 0.2) is 364 Å². The largest absolute Gasteiger partial charge is 0.0587 e. The molecule has 710 valence electrons. The van der Waals surface area contributed by atoms with Crippen molar-refractivity contribution in [2.75, 3.05) is 0 Å². The molecule has 0 bridgehead atoms. The molecule has 19 rings (SSSR count). The Morgan fingerprint density at radius 2 is 0.261 bits per heavy atom. The van der Waals surface area contributed by atoms with Crippen LogP contribution in [-0.2, 0) is 0 Å². The Bertz CT molecular complexity index is 6880. The highest BCUT2D eigenvalue weighted by molar-refractivity contribution is 7.79. The van der Waals surface area contributed by atoms with Crippen molar-refractivity contribution in [3.63, 3.8) is 0 Å². The minimum atomic E-state index is -0.483. The second kappa shape index (κ2) is 45.0. The van der Waals surface area contributed by atoms with Crippen LogP contribution in [-0.4, -0.2) is 0 Å². The van der Waals surface area contributed by atoms with Crippen molar-refractivity contribution in [1.29, 1.82) is 0 Å². The topological polar surface area (TPSA) is 0 Å². The first-order chi connectivity index (χ1) is 67.9. The summed E-state index contributed by atoms with van der Waals surface area (Å²) < 4.78 is 0. The lowest BCUT2D eigenvalue weighted by Gasteiger charge is -2.23. The molecule has 0 N–H and O–H groups in total. The van der Waals surface area contributed by atoms with Crippen LogP contribution in [0.1, 0.15) is 150 Å². The van der Waals surface area contributed by atoms with Crippen molar-refractivity contribution in [3.8, 4) is 134 Å². The van der Waals surface area contributed by atoms with Gasteiger partial charge in [0, 0.05) is 0 Å². The minimum absolute atomic E-state index is 0.483. The van der Waals surface area contributed by atoms with Gasteiger partial charge in [-0.2, -0.15) is 0 Å². The molecule has 0 saturated carbocycles. The van der Waals surface area contributed by atoms with Gasteiger partial charge in [0.25, 0.3) is 0 Å². The highest BCUT2D eigenvalue weighted by Gasteiger charge is 2.24. The third-order valence-corrected chi connectivity index (χ3v) is 30.5. The number of hydrogen-bond donors (Lipinski definition) is 0. The van der Waals surface area contributed by atoms with Gasteiger partial charge in [-0.05, 0) is 466 Å². The molecule has 0 atom stereocenters. The molecule has 0 aliphatic carbocycles. The van der Waals surface area contributed by atoms with Crippen LogP contribution in [0.4, 0.5) is 0 Å². The summed E-state index contributed by atoms with van der Waals surface area (Å²) in [5.41, 5.74) is 66.7. The van der Waals surface area contributed by atoms with Gasteiger partial charge in [-0.3, -0.25) is 0 Å². The smallest absolute Gasteiger partial charge is 0.0113 e. The number of rotatable bonds is 15. The molecule has 0 heterocycles. The van der Waals surface area contributed by atoms with Crippen LogP contribution < -0.4 is 15.9 Å². The fourth-order valence-corrected chi connectivity index (χ4v) is 23.3. The third kappa shape index (κ3) is 24.4. The standard InChI is InChI=1S/C33H36.2C30H30.C27H24.C21H21P/c1-19-10-22(4)31(23(5)11-19)28-16-29(32-24(6)12-20(2)13-25(32)7)18-30(17-28)33-26(8)14-21(3)15-27(33)9;1-19-7-13-25(14-8-19)28-22(4)29(26-15-9-20(2)10-16-26)24(6)30(23(28)5)27-17-11-21(3)12-18-27;1-19-7-10-28(22(4)13-19)25-16-26(29-11-8-20(2)14-23(29)5)18-27(17-25)30-12-9-21(3)15-24(30)6;1-19-4-10-22(11-5-19)25-16-26(23-12-6-20(2)7-13-23)18-27(17-25)24-14-8-21(3)9-15-24;1-16-4-10-19(11-5-16)22(20-12-6-17(2)7-13-20)21-14-8-18(3)9-15-21/h10-18H,1-9H3;2*7-18H,1-6H3;4-18H,1-3H3;4-15H,1-3H3. The molecular weight excluding hydrogens is 1720 g/mol. The Balaban J connectivity index is 0.000000135. The van der Waals surface area contributed by atoms with Gasteiger partial charge >= 0.3 is 0 Å². The zero-order chi connectivity index (χ0) is 101. The molecule has 1 heteroatoms. The van der Waals surface area contributed by atoms with Crippen LogP contribution >= 0.6 is 7.92 Å². The molecule has 19 aromatic rings. The Kier molecular flexibility index (Phi) is 32.4. The fourth-order valence-electron chi connectivity index (χ4n) is 21.0. The van der Waals surface area contributed by atoms with E-state index in [1.54, 1.807) is 0 Å². The second-order valence-corrected chi connectivity index (χ2v) is 42.9. The molecule has 0 amide bonds. The van der Waals surface area contributed by atoms with Crippen molar-refractivity contribution < 1.29 is 0 Å². The minimum Gasteiger partial charge on any atom is -0.0587 e. The Morgan fingerprint density at radius 3 is 0.451 bits per heavy atom. The first kappa shape index (κ1) is 102. The normalized spacial score (nSPS) is 11.0. The first-order valence-corrected chi connectivity index (χ1v) is 51.8. The lowest BCUT2D eigenvalue weighted by Crippen LogP contribution is -2.20. The van der Waals surface area contributed by atoms with Gasteiger partial charge in [0.05, 0.1) is 0 Å². The third-order valence-electron chi connectivity index (χ3n) is 28.1. The van der Waals surface area contributed by atoms with Crippen molar-refractivity contribution in [1.82, 2.24) is 0 Å². The van der Waals surface area contributed by atoms with Crippen LogP contribution in [0.25, 0.3) is 134 Å². The van der Waals surface area contributed by atoms with Gasteiger partial charge in [-0.1, -0.05) is 393 Å². The average molecular weight is 1870 g/mol. The van der Waals surface area contributed by atoms with Gasteiger partial charge in [-0.25, -0.2) is 0 Å². The molecule has 0 spiro atoms. The van der Waals surface area contributed by atoms with Crippen molar-refractivity contribution in [3.05, 3.63) is 514 Å². The lowest BCUT2D eigenvalue weighted by molar-refractivity contribution is 1.30. The number of aryl methyl sites for hydroxylation is 24. The Labute approximate surface area is 852 Å². The van der Waals surface area contributed by atoms with Crippen LogP contribution in [0.3, 0.4) is 0 Å². The molecule has 19 aromatic carbocycles. The van der Waals surface area contributed by atoms with Crippen molar-refractivity contribution in [2.45, 2.75) is 187 Å². The van der Waals surface area contributed by atoms with E-state index in [1.165, 1.54) is 300 Å². The summed E-state index contributed by atoms with van der Waals surface area (Å²) in [5.74, 6) is 0. The van der Waals surface area contributed by atoms with E-state index in [2.05, 4.69) is 551 Å².